The summed E-state index contributed by atoms with van der Waals surface area (Å²) in [5.41, 5.74) is 1.21. The number of hydrogen-bond donors (Lipinski definition) is 2. The molecule has 1 aromatic carbocycles. The van der Waals surface area contributed by atoms with Crippen LogP contribution in [0, 0.1) is 0 Å². The predicted octanol–water partition coefficient (Wildman–Crippen LogP) is 1.89. The van der Waals surface area contributed by atoms with Crippen molar-refractivity contribution in [2.24, 2.45) is 0 Å². The lowest BCUT2D eigenvalue weighted by Crippen LogP contribution is -2.25. The largest absolute Gasteiger partial charge is 0.345 e. The molecule has 3 rings (SSSR count). The Morgan fingerprint density at radius 2 is 1.92 bits per heavy atom. The van der Waals surface area contributed by atoms with E-state index in [0.29, 0.717) is 17.8 Å². The first-order valence-corrected chi connectivity index (χ1v) is 8.20. The van der Waals surface area contributed by atoms with E-state index in [1.807, 2.05) is 0 Å². The molecular formula is C17H21N5O2. The SMILES string of the molecule is CC(=O)Nc1ccc(C(=O)NCc2nnc3n2CCCCC3)cc1. The third-order valence-corrected chi connectivity index (χ3v) is 4.06. The van der Waals surface area contributed by atoms with Crippen LogP contribution < -0.4 is 10.6 Å². The van der Waals surface area contributed by atoms with E-state index >= 15 is 0 Å². The summed E-state index contributed by atoms with van der Waals surface area (Å²) in [7, 11) is 0. The summed E-state index contributed by atoms with van der Waals surface area (Å²) in [5.74, 6) is 1.50. The highest BCUT2D eigenvalue weighted by molar-refractivity contribution is 5.95. The van der Waals surface area contributed by atoms with Gasteiger partial charge in [-0.3, -0.25) is 9.59 Å². The first-order valence-electron chi connectivity index (χ1n) is 8.20. The van der Waals surface area contributed by atoms with E-state index in [4.69, 9.17) is 0 Å². The number of hydrogen-bond acceptors (Lipinski definition) is 4. The van der Waals surface area contributed by atoms with Gasteiger partial charge in [-0.1, -0.05) is 6.42 Å². The van der Waals surface area contributed by atoms with Crippen LogP contribution in [-0.2, 0) is 24.3 Å². The quantitative estimate of drug-likeness (QED) is 0.897. The molecule has 1 aliphatic heterocycles. The molecule has 0 unspecified atom stereocenters. The van der Waals surface area contributed by atoms with Crippen LogP contribution in [-0.4, -0.2) is 26.6 Å². The standard InChI is InChI=1S/C17H21N5O2/c1-12(23)19-14-8-6-13(7-9-14)17(24)18-11-16-21-20-15-5-3-2-4-10-22(15)16/h6-9H,2-5,10-11H2,1H3,(H,18,24)(H,19,23). The molecule has 0 radical (unpaired) electrons. The topological polar surface area (TPSA) is 88.9 Å². The second-order valence-corrected chi connectivity index (χ2v) is 5.94. The van der Waals surface area contributed by atoms with Crippen LogP contribution in [0.3, 0.4) is 0 Å². The second-order valence-electron chi connectivity index (χ2n) is 5.94. The minimum absolute atomic E-state index is 0.139. The zero-order valence-electron chi connectivity index (χ0n) is 13.7. The molecule has 0 saturated heterocycles. The summed E-state index contributed by atoms with van der Waals surface area (Å²) in [6, 6.07) is 6.79. The van der Waals surface area contributed by atoms with Gasteiger partial charge in [0.2, 0.25) is 5.91 Å². The van der Waals surface area contributed by atoms with Crippen LogP contribution in [0.2, 0.25) is 0 Å². The van der Waals surface area contributed by atoms with Gasteiger partial charge in [-0.15, -0.1) is 10.2 Å². The van der Waals surface area contributed by atoms with E-state index < -0.39 is 0 Å². The fourth-order valence-electron chi connectivity index (χ4n) is 2.85. The minimum atomic E-state index is -0.171. The number of aryl methyl sites for hydroxylation is 1. The van der Waals surface area contributed by atoms with E-state index in [1.54, 1.807) is 24.3 Å². The normalized spacial score (nSPS) is 13.7. The number of benzene rings is 1. The van der Waals surface area contributed by atoms with E-state index in [2.05, 4.69) is 25.4 Å². The number of aromatic nitrogens is 3. The molecule has 1 aliphatic rings. The maximum Gasteiger partial charge on any atom is 0.251 e. The second kappa shape index (κ2) is 7.25. The molecule has 0 saturated carbocycles. The smallest absolute Gasteiger partial charge is 0.251 e. The summed E-state index contributed by atoms with van der Waals surface area (Å²) in [5, 5.41) is 14.0. The van der Waals surface area contributed by atoms with Crippen LogP contribution in [0.5, 0.6) is 0 Å². The summed E-state index contributed by atoms with van der Waals surface area (Å²) < 4.78 is 2.12. The minimum Gasteiger partial charge on any atom is -0.345 e. The number of fused-ring (bicyclic) bond motifs is 1. The van der Waals surface area contributed by atoms with E-state index in [-0.39, 0.29) is 11.8 Å². The zero-order valence-corrected chi connectivity index (χ0v) is 13.7. The van der Waals surface area contributed by atoms with E-state index in [1.165, 1.54) is 13.3 Å². The first kappa shape index (κ1) is 16.2. The monoisotopic (exact) mass is 327 g/mol. The van der Waals surface area contributed by atoms with Crippen molar-refractivity contribution in [2.45, 2.75) is 45.7 Å². The Hall–Kier alpha value is -2.70. The van der Waals surface area contributed by atoms with Crippen molar-refractivity contribution in [3.05, 3.63) is 41.5 Å². The number of nitrogens with one attached hydrogen (secondary N) is 2. The van der Waals surface area contributed by atoms with Crippen LogP contribution in [0.15, 0.2) is 24.3 Å². The van der Waals surface area contributed by atoms with Gasteiger partial charge in [-0.2, -0.15) is 0 Å². The van der Waals surface area contributed by atoms with Crippen molar-refractivity contribution in [3.63, 3.8) is 0 Å². The molecule has 2 amide bonds. The predicted molar refractivity (Wildman–Crippen MR) is 89.5 cm³/mol. The Kier molecular flexibility index (Phi) is 4.88. The van der Waals surface area contributed by atoms with Gasteiger partial charge in [0, 0.05) is 31.1 Å². The van der Waals surface area contributed by atoms with Gasteiger partial charge in [0.05, 0.1) is 6.54 Å². The van der Waals surface area contributed by atoms with E-state index in [0.717, 1.165) is 37.5 Å². The lowest BCUT2D eigenvalue weighted by atomic mass is 10.2. The Morgan fingerprint density at radius 1 is 1.12 bits per heavy atom. The summed E-state index contributed by atoms with van der Waals surface area (Å²) >= 11 is 0. The number of amides is 2. The molecule has 126 valence electrons. The maximum absolute atomic E-state index is 12.3. The third-order valence-electron chi connectivity index (χ3n) is 4.06. The fraction of sp³-hybridized carbons (Fsp3) is 0.412. The van der Waals surface area contributed by atoms with Gasteiger partial charge in [0.15, 0.2) is 5.82 Å². The molecule has 0 fully saturated rings. The third kappa shape index (κ3) is 3.79. The Labute approximate surface area is 140 Å². The van der Waals surface area contributed by atoms with Gasteiger partial charge < -0.3 is 15.2 Å². The number of rotatable bonds is 4. The number of anilines is 1. The summed E-state index contributed by atoms with van der Waals surface area (Å²) in [4.78, 5) is 23.3. The summed E-state index contributed by atoms with van der Waals surface area (Å²) in [6.07, 6.45) is 4.42. The van der Waals surface area contributed by atoms with Crippen LogP contribution >= 0.6 is 0 Å². The van der Waals surface area contributed by atoms with Crippen molar-refractivity contribution < 1.29 is 9.59 Å². The van der Waals surface area contributed by atoms with Crippen LogP contribution in [0.4, 0.5) is 5.69 Å². The number of carbonyl (C=O) groups is 2. The fourth-order valence-corrected chi connectivity index (χ4v) is 2.85. The number of nitrogens with zero attached hydrogens (tertiary/aromatic N) is 3. The molecule has 0 spiro atoms. The van der Waals surface area contributed by atoms with Crippen molar-refractivity contribution in [2.75, 3.05) is 5.32 Å². The molecule has 0 atom stereocenters. The summed E-state index contributed by atoms with van der Waals surface area (Å²) in [6.45, 7) is 2.72. The van der Waals surface area contributed by atoms with Gasteiger partial charge in [0.25, 0.3) is 5.91 Å². The highest BCUT2D eigenvalue weighted by Gasteiger charge is 2.15. The highest BCUT2D eigenvalue weighted by Crippen LogP contribution is 2.14. The molecule has 1 aromatic heterocycles. The zero-order chi connectivity index (χ0) is 16.9. The molecule has 7 heteroatoms. The highest BCUT2D eigenvalue weighted by atomic mass is 16.2. The van der Waals surface area contributed by atoms with E-state index in [9.17, 15) is 9.59 Å². The molecule has 0 aliphatic carbocycles. The molecule has 7 nitrogen and oxygen atoms in total. The molecule has 24 heavy (non-hydrogen) atoms. The van der Waals surface area contributed by atoms with Crippen molar-refractivity contribution in [3.8, 4) is 0 Å². The van der Waals surface area contributed by atoms with Crippen LogP contribution in [0.25, 0.3) is 0 Å². The van der Waals surface area contributed by atoms with Gasteiger partial charge in [0.1, 0.15) is 5.82 Å². The average Bonchev–Trinajstić information content (AvgIpc) is 2.79. The average molecular weight is 327 g/mol. The van der Waals surface area contributed by atoms with Crippen molar-refractivity contribution >= 4 is 17.5 Å². The lowest BCUT2D eigenvalue weighted by molar-refractivity contribution is -0.114. The van der Waals surface area contributed by atoms with Gasteiger partial charge in [-0.25, -0.2) is 0 Å². The Bertz CT molecular complexity index is 736. The molecular weight excluding hydrogens is 306 g/mol. The van der Waals surface area contributed by atoms with Gasteiger partial charge in [-0.05, 0) is 37.1 Å². The molecule has 2 aromatic rings. The maximum atomic E-state index is 12.3. The first-order chi connectivity index (χ1) is 11.6. The molecule has 0 bridgehead atoms. The van der Waals surface area contributed by atoms with Crippen LogP contribution in [0.1, 0.15) is 48.2 Å². The Morgan fingerprint density at radius 3 is 2.67 bits per heavy atom. The Balaban J connectivity index is 1.61. The van der Waals surface area contributed by atoms with Crippen molar-refractivity contribution in [1.29, 1.82) is 0 Å². The molecule has 2 heterocycles. The lowest BCUT2D eigenvalue weighted by Gasteiger charge is -2.09. The molecule has 2 N–H and O–H groups in total. The number of carbonyl (C=O) groups excluding carboxylic acids is 2. The van der Waals surface area contributed by atoms with Gasteiger partial charge >= 0.3 is 0 Å². The van der Waals surface area contributed by atoms with Crippen molar-refractivity contribution in [1.82, 2.24) is 20.1 Å².